The molecule has 0 spiro atoms. The topological polar surface area (TPSA) is 25.0 Å². The first-order valence-electron chi connectivity index (χ1n) is 6.36. The van der Waals surface area contributed by atoms with Crippen LogP contribution in [0.1, 0.15) is 11.1 Å². The fraction of sp³-hybridized carbons (Fsp3) is 0.0588. The maximum Gasteiger partial charge on any atom is 0.133 e. The summed E-state index contributed by atoms with van der Waals surface area (Å²) in [7, 11) is 0. The van der Waals surface area contributed by atoms with Crippen molar-refractivity contribution in [3.05, 3.63) is 71.9 Å². The van der Waals surface area contributed by atoms with Gasteiger partial charge in [0.05, 0.1) is 11.8 Å². The predicted octanol–water partition coefficient (Wildman–Crippen LogP) is 3.94. The number of allylic oxidation sites excluding steroid dienone is 1. The second-order valence-electron chi connectivity index (χ2n) is 4.65. The summed E-state index contributed by atoms with van der Waals surface area (Å²) in [5.74, 6) is 1.83. The van der Waals surface area contributed by atoms with E-state index in [1.807, 2.05) is 36.4 Å². The van der Waals surface area contributed by atoms with E-state index in [0.29, 0.717) is 0 Å². The molecule has 0 fully saturated rings. The van der Waals surface area contributed by atoms with Crippen LogP contribution in [-0.4, -0.2) is 4.98 Å². The van der Waals surface area contributed by atoms with Crippen LogP contribution in [0.25, 0.3) is 16.7 Å². The Morgan fingerprint density at radius 1 is 1.00 bits per heavy atom. The minimum atomic E-state index is 0.885. The number of rotatable bonds is 1. The van der Waals surface area contributed by atoms with E-state index < -0.39 is 0 Å². The van der Waals surface area contributed by atoms with E-state index in [1.54, 1.807) is 0 Å². The Kier molecular flexibility index (Phi) is 2.21. The Labute approximate surface area is 111 Å². The molecule has 1 radical (unpaired) electrons. The SMILES string of the molecule is [c]1[nH]c2ccccc2c1C1=CCc2ccccc2O1. The number of hydrogen-bond acceptors (Lipinski definition) is 1. The Hall–Kier alpha value is -2.48. The van der Waals surface area contributed by atoms with Gasteiger partial charge >= 0.3 is 0 Å². The Morgan fingerprint density at radius 2 is 1.84 bits per heavy atom. The minimum Gasteiger partial charge on any atom is -0.457 e. The molecular formula is C17H12NO. The Morgan fingerprint density at radius 3 is 2.84 bits per heavy atom. The molecule has 0 atom stereocenters. The summed E-state index contributed by atoms with van der Waals surface area (Å²) < 4.78 is 5.99. The molecule has 91 valence electrons. The summed E-state index contributed by atoms with van der Waals surface area (Å²) >= 11 is 0. The van der Waals surface area contributed by atoms with E-state index in [-0.39, 0.29) is 0 Å². The van der Waals surface area contributed by atoms with Crippen LogP contribution in [0.2, 0.25) is 0 Å². The van der Waals surface area contributed by atoms with E-state index >= 15 is 0 Å². The largest absolute Gasteiger partial charge is 0.457 e. The predicted molar refractivity (Wildman–Crippen MR) is 75.9 cm³/mol. The third-order valence-electron chi connectivity index (χ3n) is 3.46. The maximum atomic E-state index is 5.99. The first kappa shape index (κ1) is 10.4. The van der Waals surface area contributed by atoms with Gasteiger partial charge in [-0.15, -0.1) is 0 Å². The summed E-state index contributed by atoms with van der Waals surface area (Å²) in [5, 5.41) is 1.15. The van der Waals surface area contributed by atoms with Crippen LogP contribution in [0.15, 0.2) is 54.6 Å². The molecule has 1 aromatic heterocycles. The van der Waals surface area contributed by atoms with Gasteiger partial charge in [0.1, 0.15) is 11.5 Å². The lowest BCUT2D eigenvalue weighted by atomic mass is 10.0. The molecule has 0 bridgehead atoms. The van der Waals surface area contributed by atoms with Crippen molar-refractivity contribution in [3.63, 3.8) is 0 Å². The van der Waals surface area contributed by atoms with Gasteiger partial charge in [-0.05, 0) is 30.2 Å². The standard InChI is InChI=1S/C17H12NO/c1-4-8-16-12(5-1)9-10-17(19-16)14-11-18-15-7-3-2-6-13(14)15/h1-8,10,18H,9H2. The molecule has 0 aliphatic carbocycles. The van der Waals surface area contributed by atoms with Crippen molar-refractivity contribution in [2.45, 2.75) is 6.42 Å². The van der Waals surface area contributed by atoms with Crippen molar-refractivity contribution >= 4 is 16.7 Å². The number of ether oxygens (including phenoxy) is 1. The molecule has 3 aromatic rings. The molecule has 2 aromatic carbocycles. The lowest BCUT2D eigenvalue weighted by molar-refractivity contribution is 0.499. The van der Waals surface area contributed by atoms with Crippen LogP contribution in [-0.2, 0) is 6.42 Å². The first-order chi connectivity index (χ1) is 9.42. The molecule has 2 nitrogen and oxygen atoms in total. The van der Waals surface area contributed by atoms with Gasteiger partial charge < -0.3 is 9.72 Å². The average Bonchev–Trinajstić information content (AvgIpc) is 2.91. The molecule has 1 aliphatic heterocycles. The zero-order valence-electron chi connectivity index (χ0n) is 10.3. The summed E-state index contributed by atoms with van der Waals surface area (Å²) in [6.07, 6.45) is 6.22. The van der Waals surface area contributed by atoms with Crippen molar-refractivity contribution in [3.8, 4) is 5.75 Å². The average molecular weight is 246 g/mol. The maximum absolute atomic E-state index is 5.99. The highest BCUT2D eigenvalue weighted by Gasteiger charge is 2.16. The summed E-state index contributed by atoms with van der Waals surface area (Å²) in [6.45, 7) is 0. The Balaban J connectivity index is 1.81. The molecule has 2 heteroatoms. The monoisotopic (exact) mass is 246 g/mol. The first-order valence-corrected chi connectivity index (χ1v) is 6.36. The third kappa shape index (κ3) is 1.65. The molecule has 0 saturated heterocycles. The van der Waals surface area contributed by atoms with Gasteiger partial charge in [-0.25, -0.2) is 0 Å². The minimum absolute atomic E-state index is 0.885. The van der Waals surface area contributed by atoms with Gasteiger partial charge in [-0.1, -0.05) is 36.4 Å². The fourth-order valence-electron chi connectivity index (χ4n) is 2.49. The molecule has 0 saturated carbocycles. The lowest BCUT2D eigenvalue weighted by Crippen LogP contribution is -2.03. The molecule has 1 N–H and O–H groups in total. The number of hydrogen-bond donors (Lipinski definition) is 1. The number of benzene rings is 2. The fourth-order valence-corrected chi connectivity index (χ4v) is 2.49. The normalized spacial score (nSPS) is 13.8. The molecule has 1 aliphatic rings. The second-order valence-corrected chi connectivity index (χ2v) is 4.65. The number of nitrogens with one attached hydrogen (secondary N) is 1. The lowest BCUT2D eigenvalue weighted by Gasteiger charge is -2.17. The van der Waals surface area contributed by atoms with Gasteiger partial charge in [0.15, 0.2) is 0 Å². The number of fused-ring (bicyclic) bond motifs is 2. The van der Waals surface area contributed by atoms with Crippen molar-refractivity contribution < 1.29 is 4.74 Å². The number of aromatic nitrogens is 1. The van der Waals surface area contributed by atoms with E-state index in [2.05, 4.69) is 29.4 Å². The van der Waals surface area contributed by atoms with E-state index in [1.165, 1.54) is 5.56 Å². The third-order valence-corrected chi connectivity index (χ3v) is 3.46. The van der Waals surface area contributed by atoms with Crippen LogP contribution in [0.4, 0.5) is 0 Å². The highest BCUT2D eigenvalue weighted by Crippen LogP contribution is 2.32. The highest BCUT2D eigenvalue weighted by atomic mass is 16.5. The van der Waals surface area contributed by atoms with Gasteiger partial charge in [0.25, 0.3) is 0 Å². The number of aromatic amines is 1. The van der Waals surface area contributed by atoms with Gasteiger partial charge in [-0.3, -0.25) is 0 Å². The number of H-pyrrole nitrogens is 1. The quantitative estimate of drug-likeness (QED) is 0.691. The smallest absolute Gasteiger partial charge is 0.133 e. The van der Waals surface area contributed by atoms with Crippen LogP contribution in [0.5, 0.6) is 5.75 Å². The van der Waals surface area contributed by atoms with Crippen molar-refractivity contribution in [2.75, 3.05) is 0 Å². The molecule has 19 heavy (non-hydrogen) atoms. The summed E-state index contributed by atoms with van der Waals surface area (Å²) in [6, 6.07) is 16.3. The molecule has 0 unspecified atom stereocenters. The summed E-state index contributed by atoms with van der Waals surface area (Å²) in [4.78, 5) is 3.16. The van der Waals surface area contributed by atoms with Crippen LogP contribution in [0.3, 0.4) is 0 Å². The highest BCUT2D eigenvalue weighted by molar-refractivity contribution is 5.91. The van der Waals surface area contributed by atoms with E-state index in [9.17, 15) is 0 Å². The van der Waals surface area contributed by atoms with Gasteiger partial charge in [0.2, 0.25) is 0 Å². The molecular weight excluding hydrogens is 234 g/mol. The number of para-hydroxylation sites is 2. The van der Waals surface area contributed by atoms with E-state index in [0.717, 1.165) is 34.4 Å². The second kappa shape index (κ2) is 4.02. The zero-order valence-corrected chi connectivity index (χ0v) is 10.3. The van der Waals surface area contributed by atoms with Gasteiger partial charge in [0, 0.05) is 10.9 Å². The Bertz CT molecular complexity index is 783. The molecule has 2 heterocycles. The summed E-state index contributed by atoms with van der Waals surface area (Å²) in [5.41, 5.74) is 3.32. The van der Waals surface area contributed by atoms with Crippen molar-refractivity contribution in [1.29, 1.82) is 0 Å². The molecule has 4 rings (SSSR count). The van der Waals surface area contributed by atoms with Gasteiger partial charge in [-0.2, -0.15) is 0 Å². The van der Waals surface area contributed by atoms with Crippen LogP contribution >= 0.6 is 0 Å². The van der Waals surface area contributed by atoms with Crippen molar-refractivity contribution in [1.82, 2.24) is 4.98 Å². The van der Waals surface area contributed by atoms with Crippen molar-refractivity contribution in [2.24, 2.45) is 0 Å². The zero-order chi connectivity index (χ0) is 12.7. The van der Waals surface area contributed by atoms with Crippen LogP contribution in [0, 0.1) is 6.20 Å². The molecule has 0 amide bonds. The van der Waals surface area contributed by atoms with E-state index in [4.69, 9.17) is 4.74 Å². The van der Waals surface area contributed by atoms with Crippen LogP contribution < -0.4 is 4.74 Å².